The second-order valence-electron chi connectivity index (χ2n) is 3.92. The van der Waals surface area contributed by atoms with Gasteiger partial charge in [0.1, 0.15) is 5.82 Å². The van der Waals surface area contributed by atoms with E-state index < -0.39 is 17.2 Å². The van der Waals surface area contributed by atoms with Crippen molar-refractivity contribution in [1.29, 1.82) is 0 Å². The van der Waals surface area contributed by atoms with Crippen LogP contribution in [0.15, 0.2) is 10.5 Å². The third-order valence-electron chi connectivity index (χ3n) is 2.60. The van der Waals surface area contributed by atoms with Gasteiger partial charge in [0.2, 0.25) is 0 Å². The number of aromatic hydroxyl groups is 2. The molecule has 0 atom stereocenters. The number of rotatable bonds is 2. The molecule has 5 heteroatoms. The minimum Gasteiger partial charge on any atom is -0.504 e. The maximum absolute atomic E-state index is 13.2. The first-order chi connectivity index (χ1) is 6.93. The summed E-state index contributed by atoms with van der Waals surface area (Å²) < 4.78 is 13.3. The molecular formula is C10H10BrFO3. The second kappa shape index (κ2) is 3.35. The van der Waals surface area contributed by atoms with Crippen molar-refractivity contribution in [2.24, 2.45) is 0 Å². The van der Waals surface area contributed by atoms with Crippen molar-refractivity contribution >= 4 is 15.9 Å². The minimum atomic E-state index is -0.847. The highest BCUT2D eigenvalue weighted by Crippen LogP contribution is 2.44. The monoisotopic (exact) mass is 276 g/mol. The SMILES string of the molecule is Oc1cc(F)c(Br)c(CC2(O)CC2)c1O. The highest BCUT2D eigenvalue weighted by atomic mass is 79.9. The lowest BCUT2D eigenvalue weighted by atomic mass is 10.0. The minimum absolute atomic E-state index is 0.0955. The highest BCUT2D eigenvalue weighted by molar-refractivity contribution is 9.10. The summed E-state index contributed by atoms with van der Waals surface area (Å²) in [5, 5.41) is 28.4. The third kappa shape index (κ3) is 1.94. The van der Waals surface area contributed by atoms with E-state index in [2.05, 4.69) is 15.9 Å². The first kappa shape index (κ1) is 10.7. The molecule has 1 fully saturated rings. The first-order valence-electron chi connectivity index (χ1n) is 4.54. The van der Waals surface area contributed by atoms with E-state index in [1.165, 1.54) is 0 Å². The Balaban J connectivity index is 2.44. The fourth-order valence-electron chi connectivity index (χ4n) is 1.47. The number of benzene rings is 1. The molecule has 3 N–H and O–H groups in total. The molecule has 2 rings (SSSR count). The predicted octanol–water partition coefficient (Wildman–Crippen LogP) is 2.07. The van der Waals surface area contributed by atoms with Crippen molar-refractivity contribution in [3.63, 3.8) is 0 Å². The number of aliphatic hydroxyl groups is 1. The van der Waals surface area contributed by atoms with E-state index >= 15 is 0 Å². The smallest absolute Gasteiger partial charge is 0.162 e. The van der Waals surface area contributed by atoms with Gasteiger partial charge in [-0.1, -0.05) is 0 Å². The van der Waals surface area contributed by atoms with Crippen LogP contribution in [0, 0.1) is 5.82 Å². The van der Waals surface area contributed by atoms with E-state index in [4.69, 9.17) is 0 Å². The van der Waals surface area contributed by atoms with Gasteiger partial charge >= 0.3 is 0 Å². The summed E-state index contributed by atoms with van der Waals surface area (Å²) in [4.78, 5) is 0. The Morgan fingerprint density at radius 1 is 1.40 bits per heavy atom. The summed E-state index contributed by atoms with van der Waals surface area (Å²) in [7, 11) is 0. The zero-order chi connectivity index (χ0) is 11.2. The maximum Gasteiger partial charge on any atom is 0.162 e. The Labute approximate surface area is 94.3 Å². The summed E-state index contributed by atoms with van der Waals surface area (Å²) in [5.74, 6) is -1.52. The average Bonchev–Trinajstić information content (AvgIpc) is 2.89. The standard InChI is InChI=1S/C10H10BrFO3/c11-8-5(4-10(15)1-2-10)9(14)7(13)3-6(8)12/h3,13-15H,1-2,4H2. The Morgan fingerprint density at radius 3 is 2.53 bits per heavy atom. The molecule has 82 valence electrons. The van der Waals surface area contributed by atoms with Gasteiger partial charge in [0.05, 0.1) is 10.1 Å². The molecule has 1 aliphatic rings. The first-order valence-corrected chi connectivity index (χ1v) is 5.33. The van der Waals surface area contributed by atoms with Crippen LogP contribution in [0.1, 0.15) is 18.4 Å². The molecule has 0 heterocycles. The summed E-state index contributed by atoms with van der Waals surface area (Å²) in [5.41, 5.74) is -0.632. The van der Waals surface area contributed by atoms with Gasteiger partial charge in [0, 0.05) is 18.1 Å². The molecule has 0 aromatic heterocycles. The zero-order valence-electron chi connectivity index (χ0n) is 7.80. The number of hydrogen-bond acceptors (Lipinski definition) is 3. The quantitative estimate of drug-likeness (QED) is 0.725. The maximum atomic E-state index is 13.2. The van der Waals surface area contributed by atoms with E-state index in [9.17, 15) is 19.7 Å². The third-order valence-corrected chi connectivity index (χ3v) is 3.46. The molecule has 1 aromatic carbocycles. The molecule has 0 spiro atoms. The van der Waals surface area contributed by atoms with Crippen LogP contribution >= 0.6 is 15.9 Å². The van der Waals surface area contributed by atoms with Crippen molar-refractivity contribution in [1.82, 2.24) is 0 Å². The Bertz CT molecular complexity index is 389. The van der Waals surface area contributed by atoms with E-state index in [1.807, 2.05) is 0 Å². The fourth-order valence-corrected chi connectivity index (χ4v) is 1.91. The van der Waals surface area contributed by atoms with Gasteiger partial charge in [-0.15, -0.1) is 0 Å². The fraction of sp³-hybridized carbons (Fsp3) is 0.400. The molecule has 1 saturated carbocycles. The number of hydrogen-bond donors (Lipinski definition) is 3. The summed E-state index contributed by atoms with van der Waals surface area (Å²) in [6, 6.07) is 0.833. The normalized spacial score (nSPS) is 17.8. The van der Waals surface area contributed by atoms with Crippen molar-refractivity contribution in [3.05, 3.63) is 21.9 Å². The molecule has 0 unspecified atom stereocenters. The van der Waals surface area contributed by atoms with Gasteiger partial charge in [-0.25, -0.2) is 4.39 Å². The van der Waals surface area contributed by atoms with Crippen molar-refractivity contribution in [2.75, 3.05) is 0 Å². The number of phenolic OH excluding ortho intramolecular Hbond substituents is 2. The van der Waals surface area contributed by atoms with E-state index in [1.54, 1.807) is 0 Å². The molecule has 1 aliphatic carbocycles. The predicted molar refractivity (Wildman–Crippen MR) is 55.3 cm³/mol. The molecule has 0 amide bonds. The van der Waals surface area contributed by atoms with Gasteiger partial charge in [-0.05, 0) is 28.8 Å². The average molecular weight is 277 g/mol. The molecular weight excluding hydrogens is 267 g/mol. The van der Waals surface area contributed by atoms with E-state index in [0.29, 0.717) is 12.8 Å². The van der Waals surface area contributed by atoms with Crippen molar-refractivity contribution in [3.8, 4) is 11.5 Å². The highest BCUT2D eigenvalue weighted by Gasteiger charge is 2.41. The van der Waals surface area contributed by atoms with Crippen molar-refractivity contribution < 1.29 is 19.7 Å². The van der Waals surface area contributed by atoms with Crippen LogP contribution in [0.4, 0.5) is 4.39 Å². The molecule has 0 bridgehead atoms. The number of halogens is 2. The second-order valence-corrected chi connectivity index (χ2v) is 4.71. The van der Waals surface area contributed by atoms with Gasteiger partial charge in [0.15, 0.2) is 11.5 Å². The van der Waals surface area contributed by atoms with Crippen LogP contribution in [-0.2, 0) is 6.42 Å². The van der Waals surface area contributed by atoms with E-state index in [0.717, 1.165) is 6.07 Å². The molecule has 3 nitrogen and oxygen atoms in total. The van der Waals surface area contributed by atoms with Crippen LogP contribution in [0.25, 0.3) is 0 Å². The van der Waals surface area contributed by atoms with Crippen LogP contribution in [0.2, 0.25) is 0 Å². The molecule has 15 heavy (non-hydrogen) atoms. The lowest BCUT2D eigenvalue weighted by Gasteiger charge is -2.12. The van der Waals surface area contributed by atoms with Crippen LogP contribution in [-0.4, -0.2) is 20.9 Å². The molecule has 0 aliphatic heterocycles. The summed E-state index contributed by atoms with van der Waals surface area (Å²) in [6.45, 7) is 0. The van der Waals surface area contributed by atoms with Gasteiger partial charge in [-0.3, -0.25) is 0 Å². The zero-order valence-corrected chi connectivity index (χ0v) is 9.38. The topological polar surface area (TPSA) is 60.7 Å². The van der Waals surface area contributed by atoms with Gasteiger partial charge in [0.25, 0.3) is 0 Å². The molecule has 0 radical (unpaired) electrons. The Kier molecular flexibility index (Phi) is 2.39. The number of phenols is 2. The van der Waals surface area contributed by atoms with Crippen LogP contribution < -0.4 is 0 Å². The van der Waals surface area contributed by atoms with Gasteiger partial charge in [-0.2, -0.15) is 0 Å². The Hall–Kier alpha value is -0.810. The largest absolute Gasteiger partial charge is 0.504 e. The van der Waals surface area contributed by atoms with E-state index in [-0.39, 0.29) is 22.2 Å². The van der Waals surface area contributed by atoms with Gasteiger partial charge < -0.3 is 15.3 Å². The van der Waals surface area contributed by atoms with Crippen LogP contribution in [0.3, 0.4) is 0 Å². The molecule has 1 aromatic rings. The lowest BCUT2D eigenvalue weighted by Crippen LogP contribution is -2.11. The molecule has 0 saturated heterocycles. The Morgan fingerprint density at radius 2 is 2.00 bits per heavy atom. The van der Waals surface area contributed by atoms with Crippen molar-refractivity contribution in [2.45, 2.75) is 24.9 Å². The van der Waals surface area contributed by atoms with Crippen LogP contribution in [0.5, 0.6) is 11.5 Å². The summed E-state index contributed by atoms with van der Waals surface area (Å²) in [6.07, 6.45) is 1.41. The summed E-state index contributed by atoms with van der Waals surface area (Å²) >= 11 is 2.99. The lowest BCUT2D eigenvalue weighted by molar-refractivity contribution is 0.149.